The van der Waals surface area contributed by atoms with Crippen LogP contribution in [0.5, 0.6) is 0 Å². The summed E-state index contributed by atoms with van der Waals surface area (Å²) in [7, 11) is 0. The topological polar surface area (TPSA) is 61.4 Å². The van der Waals surface area contributed by atoms with Crippen LogP contribution in [0, 0.1) is 5.92 Å². The minimum Gasteiger partial charge on any atom is -0.396 e. The zero-order chi connectivity index (χ0) is 16.9. The molecule has 0 spiro atoms. The number of hydrogen-bond acceptors (Lipinski definition) is 2. The van der Waals surface area contributed by atoms with Gasteiger partial charge in [0.25, 0.3) is 0 Å². The summed E-state index contributed by atoms with van der Waals surface area (Å²) in [4.78, 5) is 12.0. The number of anilines is 1. The van der Waals surface area contributed by atoms with Crippen molar-refractivity contribution in [3.63, 3.8) is 0 Å². The molecule has 1 aromatic carbocycles. The maximum absolute atomic E-state index is 12.4. The molecular formula is C16H21F3N2O2. The molecule has 1 fully saturated rings. The van der Waals surface area contributed by atoms with Gasteiger partial charge in [0.1, 0.15) is 0 Å². The number of carbonyl (C=O) groups excluding carboxylic acids is 1. The van der Waals surface area contributed by atoms with E-state index in [1.165, 1.54) is 18.2 Å². The Labute approximate surface area is 133 Å². The van der Waals surface area contributed by atoms with Gasteiger partial charge in [-0.3, -0.25) is 0 Å². The van der Waals surface area contributed by atoms with Crippen LogP contribution in [0.25, 0.3) is 0 Å². The Kier molecular flexibility index (Phi) is 5.87. The number of alkyl halides is 3. The van der Waals surface area contributed by atoms with Crippen LogP contribution in [0.3, 0.4) is 0 Å². The molecule has 2 amide bonds. The number of aliphatic hydroxyl groups excluding tert-OH is 1. The van der Waals surface area contributed by atoms with Crippen molar-refractivity contribution in [3.05, 3.63) is 29.8 Å². The van der Waals surface area contributed by atoms with Gasteiger partial charge in [-0.15, -0.1) is 0 Å². The Balaban J connectivity index is 1.93. The van der Waals surface area contributed by atoms with Crippen molar-refractivity contribution in [3.8, 4) is 0 Å². The number of hydrogen-bond donors (Lipinski definition) is 3. The van der Waals surface area contributed by atoms with Crippen LogP contribution in [0.1, 0.15) is 31.2 Å². The second-order valence-electron chi connectivity index (χ2n) is 5.92. The lowest BCUT2D eigenvalue weighted by molar-refractivity contribution is -0.127. The minimum absolute atomic E-state index is 0.0199. The van der Waals surface area contributed by atoms with Gasteiger partial charge in [-0.2, -0.15) is 13.2 Å². The number of amides is 2. The number of nitrogens with one attached hydrogen (secondary N) is 2. The first kappa shape index (κ1) is 17.6. The first-order valence-electron chi connectivity index (χ1n) is 7.71. The second-order valence-corrected chi connectivity index (χ2v) is 5.92. The van der Waals surface area contributed by atoms with Crippen molar-refractivity contribution in [1.29, 1.82) is 0 Å². The summed E-state index contributed by atoms with van der Waals surface area (Å²) in [5.74, 6) is 0.0334. The number of halogens is 3. The van der Waals surface area contributed by atoms with E-state index in [-0.39, 0.29) is 24.1 Å². The van der Waals surface area contributed by atoms with Gasteiger partial charge in [0.05, 0.1) is 6.42 Å². The molecule has 1 aliphatic carbocycles. The van der Waals surface area contributed by atoms with Crippen LogP contribution in [-0.4, -0.2) is 30.0 Å². The van der Waals surface area contributed by atoms with Crippen LogP contribution in [-0.2, 0) is 6.42 Å². The molecule has 0 aliphatic heterocycles. The van der Waals surface area contributed by atoms with Crippen LogP contribution in [0.2, 0.25) is 0 Å². The Morgan fingerprint density at radius 2 is 2.00 bits per heavy atom. The fraction of sp³-hybridized carbons (Fsp3) is 0.562. The average Bonchev–Trinajstić information content (AvgIpc) is 2.46. The molecule has 2 unspecified atom stereocenters. The maximum Gasteiger partial charge on any atom is 0.393 e. The summed E-state index contributed by atoms with van der Waals surface area (Å²) in [6.45, 7) is 0.0199. The summed E-state index contributed by atoms with van der Waals surface area (Å²) in [6, 6.07) is 5.15. The monoisotopic (exact) mass is 330 g/mol. The SMILES string of the molecule is O=C(Nc1cccc(CC(F)(F)F)c1)NC1CCCCC1CO. The number of benzene rings is 1. The van der Waals surface area contributed by atoms with Gasteiger partial charge < -0.3 is 15.7 Å². The van der Waals surface area contributed by atoms with E-state index in [1.54, 1.807) is 6.07 Å². The smallest absolute Gasteiger partial charge is 0.393 e. The van der Waals surface area contributed by atoms with E-state index in [9.17, 15) is 23.1 Å². The maximum atomic E-state index is 12.4. The van der Waals surface area contributed by atoms with Gasteiger partial charge in [-0.25, -0.2) is 4.79 Å². The number of rotatable bonds is 4. The van der Waals surface area contributed by atoms with E-state index in [0.717, 1.165) is 25.7 Å². The van der Waals surface area contributed by atoms with Crippen molar-refractivity contribution < 1.29 is 23.1 Å². The van der Waals surface area contributed by atoms with Gasteiger partial charge in [-0.1, -0.05) is 25.0 Å². The predicted molar refractivity (Wildman–Crippen MR) is 81.2 cm³/mol. The second kappa shape index (κ2) is 7.68. The van der Waals surface area contributed by atoms with E-state index in [4.69, 9.17) is 0 Å². The third-order valence-electron chi connectivity index (χ3n) is 4.05. The van der Waals surface area contributed by atoms with E-state index < -0.39 is 18.6 Å². The molecule has 1 saturated carbocycles. The molecule has 0 bridgehead atoms. The zero-order valence-corrected chi connectivity index (χ0v) is 12.7. The van der Waals surface area contributed by atoms with Crippen LogP contribution in [0.15, 0.2) is 24.3 Å². The highest BCUT2D eigenvalue weighted by atomic mass is 19.4. The molecule has 7 heteroatoms. The molecule has 128 valence electrons. The molecule has 0 heterocycles. The molecule has 0 aromatic heterocycles. The van der Waals surface area contributed by atoms with Crippen molar-refractivity contribution in [2.45, 2.75) is 44.3 Å². The summed E-state index contributed by atoms with van der Waals surface area (Å²) in [5, 5.41) is 14.7. The zero-order valence-electron chi connectivity index (χ0n) is 12.7. The van der Waals surface area contributed by atoms with Crippen molar-refractivity contribution >= 4 is 11.7 Å². The third-order valence-corrected chi connectivity index (χ3v) is 4.05. The summed E-state index contributed by atoms with van der Waals surface area (Å²) in [6.07, 6.45) is -1.63. The summed E-state index contributed by atoms with van der Waals surface area (Å²) < 4.78 is 37.2. The van der Waals surface area contributed by atoms with Gasteiger partial charge in [0.15, 0.2) is 0 Å². The largest absolute Gasteiger partial charge is 0.396 e. The number of aliphatic hydroxyl groups is 1. The molecule has 23 heavy (non-hydrogen) atoms. The van der Waals surface area contributed by atoms with Crippen LogP contribution in [0.4, 0.5) is 23.7 Å². The van der Waals surface area contributed by atoms with Crippen molar-refractivity contribution in [2.75, 3.05) is 11.9 Å². The van der Waals surface area contributed by atoms with E-state index in [2.05, 4.69) is 10.6 Å². The van der Waals surface area contributed by atoms with Gasteiger partial charge in [0.2, 0.25) is 0 Å². The third kappa shape index (κ3) is 5.74. The quantitative estimate of drug-likeness (QED) is 0.792. The van der Waals surface area contributed by atoms with Crippen molar-refractivity contribution in [2.24, 2.45) is 5.92 Å². The molecule has 0 radical (unpaired) electrons. The first-order valence-corrected chi connectivity index (χ1v) is 7.71. The average molecular weight is 330 g/mol. The molecule has 3 N–H and O–H groups in total. The van der Waals surface area contributed by atoms with Crippen LogP contribution < -0.4 is 10.6 Å². The van der Waals surface area contributed by atoms with E-state index >= 15 is 0 Å². The molecular weight excluding hydrogens is 309 g/mol. The normalized spacial score (nSPS) is 21.7. The molecule has 1 aliphatic rings. The highest BCUT2D eigenvalue weighted by Gasteiger charge is 2.28. The predicted octanol–water partition coefficient (Wildman–Crippen LogP) is 3.46. The van der Waals surface area contributed by atoms with Crippen molar-refractivity contribution in [1.82, 2.24) is 5.32 Å². The molecule has 2 rings (SSSR count). The molecule has 0 saturated heterocycles. The number of carbonyl (C=O) groups is 1. The molecule has 4 nitrogen and oxygen atoms in total. The fourth-order valence-electron chi connectivity index (χ4n) is 2.94. The lowest BCUT2D eigenvalue weighted by Gasteiger charge is -2.30. The molecule has 2 atom stereocenters. The van der Waals surface area contributed by atoms with Crippen LogP contribution >= 0.6 is 0 Å². The summed E-state index contributed by atoms with van der Waals surface area (Å²) >= 11 is 0. The number of urea groups is 1. The highest BCUT2D eigenvalue weighted by Crippen LogP contribution is 2.25. The van der Waals surface area contributed by atoms with Gasteiger partial charge in [-0.05, 0) is 30.5 Å². The standard InChI is InChI=1S/C16H21F3N2O2/c17-16(18,19)9-11-4-3-6-13(8-11)20-15(23)21-14-7-2-1-5-12(14)10-22/h3-4,6,8,12,14,22H,1-2,5,7,9-10H2,(H2,20,21,23). The lowest BCUT2D eigenvalue weighted by atomic mass is 9.85. The van der Waals surface area contributed by atoms with E-state index in [1.807, 2.05) is 0 Å². The first-order chi connectivity index (χ1) is 10.9. The lowest BCUT2D eigenvalue weighted by Crippen LogP contribution is -2.45. The Morgan fingerprint density at radius 1 is 1.26 bits per heavy atom. The van der Waals surface area contributed by atoms with Gasteiger partial charge in [0, 0.05) is 24.3 Å². The minimum atomic E-state index is -4.28. The highest BCUT2D eigenvalue weighted by molar-refractivity contribution is 5.89. The Hall–Kier alpha value is -1.76. The van der Waals surface area contributed by atoms with E-state index in [0.29, 0.717) is 5.69 Å². The molecule has 1 aromatic rings. The summed E-state index contributed by atoms with van der Waals surface area (Å²) in [5.41, 5.74) is 0.418. The Bertz CT molecular complexity index is 534. The fourth-order valence-corrected chi connectivity index (χ4v) is 2.94. The Morgan fingerprint density at radius 3 is 2.70 bits per heavy atom. The van der Waals surface area contributed by atoms with Gasteiger partial charge >= 0.3 is 12.2 Å².